The van der Waals surface area contributed by atoms with E-state index in [1.54, 1.807) is 0 Å². The number of carbonyl (C=O) groups is 2. The lowest BCUT2D eigenvalue weighted by atomic mass is 10.2. The molecule has 1 aliphatic heterocycles. The molecule has 1 rings (SSSR count). The lowest BCUT2D eigenvalue weighted by Crippen LogP contribution is -2.27. The monoisotopic (exact) mass is 229 g/mol. The Bertz CT molecular complexity index is 235. The molecule has 1 heterocycles. The van der Waals surface area contributed by atoms with E-state index in [9.17, 15) is 18.0 Å². The van der Waals surface area contributed by atoms with E-state index in [0.717, 1.165) is 12.8 Å². The Morgan fingerprint density at radius 3 is 2.00 bits per heavy atom. The van der Waals surface area contributed by atoms with Crippen molar-refractivity contribution in [1.82, 2.24) is 0 Å². The van der Waals surface area contributed by atoms with Gasteiger partial charge in [0, 0.05) is 6.61 Å². The topological polar surface area (TPSA) is 89.6 Å². The van der Waals surface area contributed by atoms with E-state index in [4.69, 9.17) is 20.4 Å². The summed E-state index contributed by atoms with van der Waals surface area (Å²) >= 11 is 0. The highest BCUT2D eigenvalue weighted by Gasteiger charge is 2.38. The molecule has 1 atom stereocenters. The van der Waals surface area contributed by atoms with Crippen molar-refractivity contribution in [1.29, 1.82) is 0 Å². The second kappa shape index (κ2) is 5.54. The van der Waals surface area contributed by atoms with E-state index in [1.807, 2.05) is 0 Å². The van der Waals surface area contributed by atoms with E-state index in [1.165, 1.54) is 0 Å². The van der Waals surface area contributed by atoms with Gasteiger partial charge in [-0.3, -0.25) is 4.79 Å². The van der Waals surface area contributed by atoms with Crippen LogP contribution >= 0.6 is 0 Å². The van der Waals surface area contributed by atoms with Crippen LogP contribution in [0, 0.1) is 0 Å². The predicted molar refractivity (Wildman–Crippen MR) is 41.9 cm³/mol. The Labute approximate surface area is 83.0 Å². The van der Waals surface area contributed by atoms with Crippen molar-refractivity contribution >= 4 is 11.9 Å². The molecule has 0 aromatic carbocycles. The van der Waals surface area contributed by atoms with Crippen molar-refractivity contribution in [2.45, 2.75) is 25.1 Å². The van der Waals surface area contributed by atoms with E-state index >= 15 is 0 Å². The molecule has 1 fully saturated rings. The number of hydrogen-bond donors (Lipinski definition) is 2. The van der Waals surface area contributed by atoms with Crippen LogP contribution in [0.4, 0.5) is 13.2 Å². The van der Waals surface area contributed by atoms with Crippen molar-refractivity contribution < 1.29 is 32.6 Å². The molecule has 1 unspecified atom stereocenters. The number of carboxylic acid groups (broad SMARTS) is 1. The molecule has 1 aliphatic rings. The number of primary amides is 1. The summed E-state index contributed by atoms with van der Waals surface area (Å²) in [7, 11) is 0. The minimum absolute atomic E-state index is 0.296. The quantitative estimate of drug-likeness (QED) is 0.675. The van der Waals surface area contributed by atoms with Crippen LogP contribution in [0.1, 0.15) is 12.8 Å². The number of hydrogen-bond acceptors (Lipinski definition) is 3. The Morgan fingerprint density at radius 2 is 1.87 bits per heavy atom. The van der Waals surface area contributed by atoms with Gasteiger partial charge in [-0.1, -0.05) is 0 Å². The fourth-order valence-electron chi connectivity index (χ4n) is 0.802. The Kier molecular flexibility index (Phi) is 5.06. The summed E-state index contributed by atoms with van der Waals surface area (Å²) in [4.78, 5) is 19.2. The highest BCUT2D eigenvalue weighted by Crippen LogP contribution is 2.13. The van der Waals surface area contributed by atoms with Crippen LogP contribution in [-0.2, 0) is 14.3 Å². The molecular weight excluding hydrogens is 219 g/mol. The van der Waals surface area contributed by atoms with Gasteiger partial charge in [0.2, 0.25) is 5.91 Å². The standard InChI is InChI=1S/C5H9NO2.C2HF3O2/c6-5(7)4-2-1-3-8-4;3-2(4,5)1(6)7/h4H,1-3H2,(H2,6,7);(H,6,7). The van der Waals surface area contributed by atoms with Crippen molar-refractivity contribution in [3.8, 4) is 0 Å². The molecule has 0 aromatic rings. The zero-order chi connectivity index (χ0) is 12.1. The third-order valence-electron chi connectivity index (χ3n) is 1.49. The maximum atomic E-state index is 10.6. The lowest BCUT2D eigenvalue weighted by molar-refractivity contribution is -0.192. The largest absolute Gasteiger partial charge is 0.490 e. The maximum absolute atomic E-state index is 10.6. The summed E-state index contributed by atoms with van der Waals surface area (Å²) in [5.41, 5.74) is 4.93. The van der Waals surface area contributed by atoms with Crippen molar-refractivity contribution in [2.75, 3.05) is 6.61 Å². The van der Waals surface area contributed by atoms with Gasteiger partial charge in [0.25, 0.3) is 0 Å². The summed E-state index contributed by atoms with van der Waals surface area (Å²) in [6, 6.07) is 0. The maximum Gasteiger partial charge on any atom is 0.490 e. The van der Waals surface area contributed by atoms with E-state index in [-0.39, 0.29) is 12.0 Å². The average molecular weight is 229 g/mol. The number of ether oxygens (including phenoxy) is 1. The smallest absolute Gasteiger partial charge is 0.475 e. The zero-order valence-corrected chi connectivity index (χ0v) is 7.58. The van der Waals surface area contributed by atoms with Gasteiger partial charge >= 0.3 is 12.1 Å². The molecule has 0 aromatic heterocycles. The van der Waals surface area contributed by atoms with Crippen LogP contribution < -0.4 is 5.73 Å². The second-order valence-corrected chi connectivity index (χ2v) is 2.71. The van der Waals surface area contributed by atoms with Crippen LogP contribution in [0.5, 0.6) is 0 Å². The molecule has 1 amide bonds. The number of carbonyl (C=O) groups excluding carboxylic acids is 1. The SMILES string of the molecule is NC(=O)C1CCCO1.O=C(O)C(F)(F)F. The number of rotatable bonds is 1. The van der Waals surface area contributed by atoms with Crippen LogP contribution in [0.2, 0.25) is 0 Å². The fraction of sp³-hybridized carbons (Fsp3) is 0.714. The molecular formula is C7H10F3NO4. The first-order valence-corrected chi connectivity index (χ1v) is 3.96. The van der Waals surface area contributed by atoms with Gasteiger partial charge in [0.05, 0.1) is 0 Å². The summed E-state index contributed by atoms with van der Waals surface area (Å²) in [5.74, 6) is -3.09. The highest BCUT2D eigenvalue weighted by atomic mass is 19.4. The highest BCUT2D eigenvalue weighted by molar-refractivity contribution is 5.78. The minimum atomic E-state index is -5.08. The fourth-order valence-corrected chi connectivity index (χ4v) is 0.802. The van der Waals surface area contributed by atoms with Gasteiger partial charge in [-0.2, -0.15) is 13.2 Å². The molecule has 1 saturated heterocycles. The molecule has 0 bridgehead atoms. The molecule has 0 saturated carbocycles. The molecule has 8 heteroatoms. The number of nitrogens with two attached hydrogens (primary N) is 1. The van der Waals surface area contributed by atoms with Crippen LogP contribution in [-0.4, -0.2) is 35.9 Å². The van der Waals surface area contributed by atoms with Gasteiger partial charge < -0.3 is 15.6 Å². The third-order valence-corrected chi connectivity index (χ3v) is 1.49. The Balaban J connectivity index is 0.000000265. The molecule has 0 spiro atoms. The lowest BCUT2D eigenvalue weighted by Gasteiger charge is -2.00. The van der Waals surface area contributed by atoms with Gasteiger partial charge in [-0.15, -0.1) is 0 Å². The summed E-state index contributed by atoms with van der Waals surface area (Å²) in [5, 5.41) is 7.12. The number of carboxylic acids is 1. The normalized spacial score (nSPS) is 20.3. The van der Waals surface area contributed by atoms with Gasteiger partial charge in [-0.25, -0.2) is 4.79 Å². The number of aliphatic carboxylic acids is 1. The van der Waals surface area contributed by atoms with Crippen molar-refractivity contribution in [3.05, 3.63) is 0 Å². The number of amides is 1. The number of halogens is 3. The van der Waals surface area contributed by atoms with Crippen LogP contribution in [0.3, 0.4) is 0 Å². The summed E-state index contributed by atoms with van der Waals surface area (Å²) in [6.07, 6.45) is -3.61. The van der Waals surface area contributed by atoms with Crippen molar-refractivity contribution in [3.63, 3.8) is 0 Å². The van der Waals surface area contributed by atoms with Crippen LogP contribution in [0.25, 0.3) is 0 Å². The van der Waals surface area contributed by atoms with Gasteiger partial charge in [-0.05, 0) is 12.8 Å². The third kappa shape index (κ3) is 5.89. The zero-order valence-electron chi connectivity index (χ0n) is 7.58. The Hall–Kier alpha value is -1.31. The minimum Gasteiger partial charge on any atom is -0.475 e. The molecule has 0 aliphatic carbocycles. The first-order chi connectivity index (χ1) is 6.75. The Morgan fingerprint density at radius 1 is 1.40 bits per heavy atom. The molecule has 5 nitrogen and oxygen atoms in total. The summed E-state index contributed by atoms with van der Waals surface area (Å²) in [6.45, 7) is 0.688. The van der Waals surface area contributed by atoms with E-state index in [2.05, 4.69) is 0 Å². The molecule has 88 valence electrons. The first-order valence-electron chi connectivity index (χ1n) is 3.96. The van der Waals surface area contributed by atoms with Crippen LogP contribution in [0.15, 0.2) is 0 Å². The first kappa shape index (κ1) is 13.7. The summed E-state index contributed by atoms with van der Waals surface area (Å²) < 4.78 is 36.7. The molecule has 15 heavy (non-hydrogen) atoms. The second-order valence-electron chi connectivity index (χ2n) is 2.71. The molecule has 3 N–H and O–H groups in total. The van der Waals surface area contributed by atoms with Gasteiger partial charge in [0.15, 0.2) is 0 Å². The van der Waals surface area contributed by atoms with E-state index < -0.39 is 12.1 Å². The number of alkyl halides is 3. The van der Waals surface area contributed by atoms with Gasteiger partial charge in [0.1, 0.15) is 6.10 Å². The average Bonchev–Trinajstić information content (AvgIpc) is 2.54. The molecule has 0 radical (unpaired) electrons. The predicted octanol–water partition coefficient (Wildman–Crippen LogP) is 0.284. The van der Waals surface area contributed by atoms with Crippen molar-refractivity contribution in [2.24, 2.45) is 5.73 Å². The van der Waals surface area contributed by atoms with E-state index in [0.29, 0.717) is 6.61 Å².